The number of hydrogen-bond donors (Lipinski definition) is 1. The third kappa shape index (κ3) is 4.46. The van der Waals surface area contributed by atoms with E-state index in [0.717, 1.165) is 18.5 Å². The maximum absolute atomic E-state index is 13.1. The van der Waals surface area contributed by atoms with E-state index in [9.17, 15) is 4.39 Å². The predicted octanol–water partition coefficient (Wildman–Crippen LogP) is 3.09. The van der Waals surface area contributed by atoms with Crippen molar-refractivity contribution in [2.75, 3.05) is 6.54 Å². The molecule has 1 nitrogen and oxygen atoms in total. The summed E-state index contributed by atoms with van der Waals surface area (Å²) in [6.07, 6.45) is 0.829. The number of nitrogens with one attached hydrogen (secondary N) is 1. The van der Waals surface area contributed by atoms with E-state index in [1.807, 2.05) is 13.0 Å². The van der Waals surface area contributed by atoms with Crippen molar-refractivity contribution in [3.05, 3.63) is 34.1 Å². The van der Waals surface area contributed by atoms with Crippen molar-refractivity contribution in [3.8, 4) is 11.8 Å². The zero-order valence-electron chi connectivity index (χ0n) is 8.61. The van der Waals surface area contributed by atoms with E-state index in [0.29, 0.717) is 11.0 Å². The molecular weight excluding hydrogens is 257 g/mol. The van der Waals surface area contributed by atoms with Gasteiger partial charge in [0.15, 0.2) is 0 Å². The van der Waals surface area contributed by atoms with Crippen molar-refractivity contribution in [1.82, 2.24) is 5.32 Å². The highest BCUT2D eigenvalue weighted by atomic mass is 79.9. The number of rotatable bonds is 4. The largest absolute Gasteiger partial charge is 0.312 e. The summed E-state index contributed by atoms with van der Waals surface area (Å²) in [5.41, 5.74) is 0.945. The zero-order chi connectivity index (χ0) is 11.1. The van der Waals surface area contributed by atoms with Gasteiger partial charge in [-0.2, -0.15) is 0 Å². The van der Waals surface area contributed by atoms with Gasteiger partial charge in [0, 0.05) is 19.5 Å². The Balaban J connectivity index is 2.36. The Kier molecular flexibility index (Phi) is 5.38. The summed E-state index contributed by atoms with van der Waals surface area (Å²) in [7, 11) is 0. The molecule has 0 aliphatic rings. The lowest BCUT2D eigenvalue weighted by molar-refractivity contribution is 0.614. The second kappa shape index (κ2) is 6.60. The summed E-state index contributed by atoms with van der Waals surface area (Å²) in [6, 6.07) is 5.15. The SMILES string of the molecule is CC#CCCNCc1ccc(Br)c(F)c1. The van der Waals surface area contributed by atoms with Gasteiger partial charge in [-0.05, 0) is 40.5 Å². The standard InChI is InChI=1S/C12H13BrFN/c1-2-3-4-7-15-9-10-5-6-11(13)12(14)8-10/h5-6,8,15H,4,7,9H2,1H3. The zero-order valence-corrected chi connectivity index (χ0v) is 10.2. The molecule has 1 aromatic carbocycles. The first-order valence-corrected chi connectivity index (χ1v) is 5.57. The van der Waals surface area contributed by atoms with Crippen molar-refractivity contribution >= 4 is 15.9 Å². The van der Waals surface area contributed by atoms with E-state index < -0.39 is 0 Å². The fourth-order valence-corrected chi connectivity index (χ4v) is 1.40. The summed E-state index contributed by atoms with van der Waals surface area (Å²) in [6.45, 7) is 3.33. The molecule has 1 N–H and O–H groups in total. The van der Waals surface area contributed by atoms with Crippen LogP contribution in [0, 0.1) is 17.7 Å². The van der Waals surface area contributed by atoms with Crippen LogP contribution in [0.15, 0.2) is 22.7 Å². The van der Waals surface area contributed by atoms with Crippen LogP contribution in [-0.4, -0.2) is 6.54 Å². The van der Waals surface area contributed by atoms with Gasteiger partial charge in [0.05, 0.1) is 4.47 Å². The van der Waals surface area contributed by atoms with Crippen LogP contribution in [-0.2, 0) is 6.54 Å². The van der Waals surface area contributed by atoms with Crippen molar-refractivity contribution in [3.63, 3.8) is 0 Å². The van der Waals surface area contributed by atoms with Crippen LogP contribution < -0.4 is 5.32 Å². The van der Waals surface area contributed by atoms with E-state index in [1.165, 1.54) is 6.07 Å². The maximum atomic E-state index is 13.1. The van der Waals surface area contributed by atoms with Crippen LogP contribution in [0.25, 0.3) is 0 Å². The van der Waals surface area contributed by atoms with Crippen LogP contribution in [0.3, 0.4) is 0 Å². The minimum absolute atomic E-state index is 0.220. The Morgan fingerprint density at radius 3 is 2.93 bits per heavy atom. The van der Waals surface area contributed by atoms with Gasteiger partial charge in [0.1, 0.15) is 5.82 Å². The third-order valence-electron chi connectivity index (χ3n) is 1.92. The van der Waals surface area contributed by atoms with Crippen molar-refractivity contribution in [2.45, 2.75) is 19.9 Å². The van der Waals surface area contributed by atoms with Crippen molar-refractivity contribution < 1.29 is 4.39 Å². The molecule has 0 unspecified atom stereocenters. The molecule has 0 aliphatic carbocycles. The quantitative estimate of drug-likeness (QED) is 0.655. The lowest BCUT2D eigenvalue weighted by Crippen LogP contribution is -2.14. The number of benzene rings is 1. The van der Waals surface area contributed by atoms with Gasteiger partial charge in [-0.1, -0.05) is 6.07 Å². The molecule has 0 spiro atoms. The summed E-state index contributed by atoms with van der Waals surface area (Å²) >= 11 is 3.12. The van der Waals surface area contributed by atoms with E-state index >= 15 is 0 Å². The molecule has 15 heavy (non-hydrogen) atoms. The molecule has 0 fully saturated rings. The Morgan fingerprint density at radius 1 is 1.47 bits per heavy atom. The number of hydrogen-bond acceptors (Lipinski definition) is 1. The van der Waals surface area contributed by atoms with Crippen LogP contribution in [0.5, 0.6) is 0 Å². The van der Waals surface area contributed by atoms with Gasteiger partial charge in [-0.25, -0.2) is 4.39 Å². The first-order chi connectivity index (χ1) is 7.24. The van der Waals surface area contributed by atoms with Crippen LogP contribution in [0.2, 0.25) is 0 Å². The monoisotopic (exact) mass is 269 g/mol. The maximum Gasteiger partial charge on any atom is 0.137 e. The van der Waals surface area contributed by atoms with E-state index in [-0.39, 0.29) is 5.82 Å². The smallest absolute Gasteiger partial charge is 0.137 e. The van der Waals surface area contributed by atoms with Gasteiger partial charge in [-0.15, -0.1) is 11.8 Å². The molecule has 0 saturated heterocycles. The van der Waals surface area contributed by atoms with E-state index in [2.05, 4.69) is 33.1 Å². The first-order valence-electron chi connectivity index (χ1n) is 4.78. The Hall–Kier alpha value is -0.850. The lowest BCUT2D eigenvalue weighted by atomic mass is 10.2. The molecule has 1 aromatic rings. The highest BCUT2D eigenvalue weighted by Crippen LogP contribution is 2.16. The third-order valence-corrected chi connectivity index (χ3v) is 2.56. The predicted molar refractivity (Wildman–Crippen MR) is 63.9 cm³/mol. The molecule has 0 amide bonds. The van der Waals surface area contributed by atoms with E-state index in [1.54, 1.807) is 6.07 Å². The van der Waals surface area contributed by atoms with Crippen molar-refractivity contribution in [1.29, 1.82) is 0 Å². The summed E-state index contributed by atoms with van der Waals surface area (Å²) < 4.78 is 13.6. The average Bonchev–Trinajstić information content (AvgIpc) is 2.23. The molecule has 0 aromatic heterocycles. The average molecular weight is 270 g/mol. The fraction of sp³-hybridized carbons (Fsp3) is 0.333. The topological polar surface area (TPSA) is 12.0 Å². The summed E-state index contributed by atoms with van der Waals surface area (Å²) in [5.74, 6) is 5.57. The summed E-state index contributed by atoms with van der Waals surface area (Å²) in [4.78, 5) is 0. The van der Waals surface area contributed by atoms with Crippen LogP contribution in [0.4, 0.5) is 4.39 Å². The Morgan fingerprint density at radius 2 is 2.27 bits per heavy atom. The van der Waals surface area contributed by atoms with Gasteiger partial charge >= 0.3 is 0 Å². The molecular formula is C12H13BrFN. The molecule has 0 aliphatic heterocycles. The molecule has 0 heterocycles. The molecule has 0 radical (unpaired) electrons. The molecule has 1 rings (SSSR count). The summed E-state index contributed by atoms with van der Waals surface area (Å²) in [5, 5.41) is 3.20. The van der Waals surface area contributed by atoms with Crippen LogP contribution in [0.1, 0.15) is 18.9 Å². The first kappa shape index (κ1) is 12.2. The fourth-order valence-electron chi connectivity index (χ4n) is 1.16. The molecule has 80 valence electrons. The minimum Gasteiger partial charge on any atom is -0.312 e. The lowest BCUT2D eigenvalue weighted by Gasteiger charge is -2.03. The molecule has 0 bridgehead atoms. The highest BCUT2D eigenvalue weighted by molar-refractivity contribution is 9.10. The van der Waals surface area contributed by atoms with Crippen molar-refractivity contribution in [2.24, 2.45) is 0 Å². The van der Waals surface area contributed by atoms with Gasteiger partial charge in [-0.3, -0.25) is 0 Å². The number of halogens is 2. The molecule has 0 saturated carbocycles. The normalized spacial score (nSPS) is 9.53. The van der Waals surface area contributed by atoms with Gasteiger partial charge in [0.2, 0.25) is 0 Å². The molecule has 3 heteroatoms. The molecule has 0 atom stereocenters. The Bertz CT molecular complexity index is 379. The van der Waals surface area contributed by atoms with E-state index in [4.69, 9.17) is 0 Å². The second-order valence-corrected chi connectivity index (χ2v) is 3.96. The van der Waals surface area contributed by atoms with Gasteiger partial charge in [0.25, 0.3) is 0 Å². The highest BCUT2D eigenvalue weighted by Gasteiger charge is 1.99. The second-order valence-electron chi connectivity index (χ2n) is 3.10. The van der Waals surface area contributed by atoms with Crippen LogP contribution >= 0.6 is 15.9 Å². The minimum atomic E-state index is -0.220. The van der Waals surface area contributed by atoms with Gasteiger partial charge < -0.3 is 5.32 Å². The Labute approximate surface area is 98.2 Å².